The normalized spacial score (nSPS) is 17.6. The number of nitrogens with zero attached hydrogens (tertiary/aromatic N) is 4. The quantitative estimate of drug-likeness (QED) is 0.481. The monoisotopic (exact) mass is 534 g/mol. The van der Waals surface area contributed by atoms with Gasteiger partial charge in [-0.05, 0) is 56.5 Å². The molecule has 0 saturated carbocycles. The summed E-state index contributed by atoms with van der Waals surface area (Å²) >= 11 is 0. The molecule has 0 spiro atoms. The number of alkyl halides is 3. The van der Waals surface area contributed by atoms with Crippen LogP contribution in [0.2, 0.25) is 0 Å². The molecule has 1 unspecified atom stereocenters. The van der Waals surface area contributed by atoms with Gasteiger partial charge < -0.3 is 16.0 Å². The third-order valence-electron chi connectivity index (χ3n) is 6.08. The number of pyridine rings is 3. The third kappa shape index (κ3) is 5.22. The van der Waals surface area contributed by atoms with Gasteiger partial charge in [0.2, 0.25) is 9.84 Å². The predicted octanol–water partition coefficient (Wildman–Crippen LogP) is 4.19. The standard InChI is InChI=1S/C24H25F3N6O3S/c1-14-11-23(2,3)33(13-14)22-20(21(28)34)16(9-10-29-22)37(35,36)19-6-4-5-18(32-19)31-15-7-8-17(30-12-15)24(25,26)27/h4-10,12,14H,11,13H2,1-3H3,(H2,28,34)(H,31,32). The van der Waals surface area contributed by atoms with Gasteiger partial charge in [0, 0.05) is 18.3 Å². The van der Waals surface area contributed by atoms with Gasteiger partial charge in [-0.1, -0.05) is 13.0 Å². The highest BCUT2D eigenvalue weighted by Gasteiger charge is 2.40. The van der Waals surface area contributed by atoms with Crippen LogP contribution in [0.15, 0.2) is 58.7 Å². The zero-order valence-corrected chi connectivity index (χ0v) is 21.1. The summed E-state index contributed by atoms with van der Waals surface area (Å²) in [6.07, 6.45) is -1.50. The maximum Gasteiger partial charge on any atom is 0.433 e. The minimum atomic E-state index is -4.59. The molecule has 1 aliphatic rings. The van der Waals surface area contributed by atoms with E-state index in [9.17, 15) is 26.4 Å². The summed E-state index contributed by atoms with van der Waals surface area (Å²) in [4.78, 5) is 25.9. The van der Waals surface area contributed by atoms with Crippen molar-refractivity contribution < 1.29 is 26.4 Å². The number of hydrogen-bond donors (Lipinski definition) is 2. The van der Waals surface area contributed by atoms with Crippen LogP contribution in [0.1, 0.15) is 43.2 Å². The highest BCUT2D eigenvalue weighted by Crippen LogP contribution is 2.39. The Morgan fingerprint density at radius 1 is 1.16 bits per heavy atom. The lowest BCUT2D eigenvalue weighted by Crippen LogP contribution is -2.40. The lowest BCUT2D eigenvalue weighted by atomic mass is 9.97. The van der Waals surface area contributed by atoms with Crippen molar-refractivity contribution in [2.24, 2.45) is 11.7 Å². The number of hydrogen-bond acceptors (Lipinski definition) is 8. The lowest BCUT2D eigenvalue weighted by Gasteiger charge is -2.33. The van der Waals surface area contributed by atoms with Gasteiger partial charge in [0.1, 0.15) is 22.9 Å². The first-order chi connectivity index (χ1) is 17.2. The molecule has 3 N–H and O–H groups in total. The molecule has 196 valence electrons. The van der Waals surface area contributed by atoms with Crippen LogP contribution in [-0.4, -0.2) is 41.4 Å². The number of carbonyl (C=O) groups is 1. The van der Waals surface area contributed by atoms with E-state index in [2.05, 4.69) is 27.2 Å². The van der Waals surface area contributed by atoms with E-state index in [1.54, 1.807) is 0 Å². The van der Waals surface area contributed by atoms with E-state index in [4.69, 9.17) is 5.73 Å². The number of aromatic nitrogens is 3. The average molecular weight is 535 g/mol. The number of sulfone groups is 1. The molecule has 0 radical (unpaired) electrons. The third-order valence-corrected chi connectivity index (χ3v) is 7.78. The molecule has 4 heterocycles. The van der Waals surface area contributed by atoms with Gasteiger partial charge >= 0.3 is 6.18 Å². The summed E-state index contributed by atoms with van der Waals surface area (Å²) in [5.74, 6) is -0.413. The molecule has 3 aromatic rings. The number of nitrogens with two attached hydrogens (primary N) is 1. The lowest BCUT2D eigenvalue weighted by molar-refractivity contribution is -0.141. The number of nitrogens with one attached hydrogen (secondary N) is 1. The first-order valence-electron chi connectivity index (χ1n) is 11.3. The number of primary amides is 1. The Morgan fingerprint density at radius 3 is 2.46 bits per heavy atom. The highest BCUT2D eigenvalue weighted by atomic mass is 32.2. The zero-order valence-electron chi connectivity index (χ0n) is 20.2. The zero-order chi connectivity index (χ0) is 27.2. The highest BCUT2D eigenvalue weighted by molar-refractivity contribution is 7.91. The number of carbonyl (C=O) groups excluding carboxylic acids is 1. The molecule has 13 heteroatoms. The Hall–Kier alpha value is -3.74. The first kappa shape index (κ1) is 26.3. The Labute approximate surface area is 211 Å². The predicted molar refractivity (Wildman–Crippen MR) is 130 cm³/mol. The SMILES string of the molecule is CC1CN(c2nccc(S(=O)(=O)c3cccc(Nc4ccc(C(F)(F)F)nc4)n3)c2C(N)=O)C(C)(C)C1. The van der Waals surface area contributed by atoms with Crippen molar-refractivity contribution in [3.63, 3.8) is 0 Å². The van der Waals surface area contributed by atoms with Crippen molar-refractivity contribution in [1.29, 1.82) is 0 Å². The van der Waals surface area contributed by atoms with Crippen molar-refractivity contribution in [3.8, 4) is 0 Å². The van der Waals surface area contributed by atoms with Gasteiger partial charge in [0.15, 0.2) is 5.03 Å². The van der Waals surface area contributed by atoms with Crippen LogP contribution in [0, 0.1) is 5.92 Å². The van der Waals surface area contributed by atoms with Crippen LogP contribution in [0.4, 0.5) is 30.5 Å². The number of rotatable bonds is 6. The molecule has 1 fully saturated rings. The average Bonchev–Trinajstić information content (AvgIpc) is 3.10. The van der Waals surface area contributed by atoms with Crippen molar-refractivity contribution in [1.82, 2.24) is 15.0 Å². The molecule has 0 bridgehead atoms. The van der Waals surface area contributed by atoms with Crippen LogP contribution < -0.4 is 16.0 Å². The van der Waals surface area contributed by atoms with Crippen LogP contribution >= 0.6 is 0 Å². The van der Waals surface area contributed by atoms with Gasteiger partial charge in [-0.15, -0.1) is 0 Å². The van der Waals surface area contributed by atoms with Gasteiger partial charge in [-0.3, -0.25) is 4.79 Å². The molecule has 1 atom stereocenters. The molecule has 0 aliphatic carbocycles. The summed E-state index contributed by atoms with van der Waals surface area (Å²) < 4.78 is 65.6. The first-order valence-corrected chi connectivity index (χ1v) is 12.8. The van der Waals surface area contributed by atoms with Crippen molar-refractivity contribution in [2.75, 3.05) is 16.8 Å². The second-order valence-electron chi connectivity index (χ2n) is 9.52. The molecule has 3 aromatic heterocycles. The van der Waals surface area contributed by atoms with E-state index in [1.165, 1.54) is 30.5 Å². The molecule has 1 amide bonds. The minimum Gasteiger partial charge on any atom is -0.365 e. The fraction of sp³-hybridized carbons (Fsp3) is 0.333. The maximum absolute atomic E-state index is 13.6. The van der Waals surface area contributed by atoms with Gasteiger partial charge in [-0.25, -0.2) is 23.4 Å². The van der Waals surface area contributed by atoms with Crippen LogP contribution in [0.5, 0.6) is 0 Å². The summed E-state index contributed by atoms with van der Waals surface area (Å²) in [7, 11) is -4.34. The fourth-order valence-electron chi connectivity index (χ4n) is 4.58. The summed E-state index contributed by atoms with van der Waals surface area (Å²) in [6, 6.07) is 7.25. The molecule has 1 saturated heterocycles. The Bertz CT molecular complexity index is 1440. The molecule has 1 aliphatic heterocycles. The van der Waals surface area contributed by atoms with E-state index < -0.39 is 27.6 Å². The van der Waals surface area contributed by atoms with Crippen molar-refractivity contribution in [2.45, 2.75) is 48.8 Å². The minimum absolute atomic E-state index is 0.0482. The largest absolute Gasteiger partial charge is 0.433 e. The summed E-state index contributed by atoms with van der Waals surface area (Å²) in [5.41, 5.74) is 4.17. The van der Waals surface area contributed by atoms with Crippen LogP contribution in [-0.2, 0) is 16.0 Å². The van der Waals surface area contributed by atoms with Gasteiger partial charge in [-0.2, -0.15) is 13.2 Å². The van der Waals surface area contributed by atoms with E-state index in [0.29, 0.717) is 12.5 Å². The van der Waals surface area contributed by atoms with Gasteiger partial charge in [0.25, 0.3) is 5.91 Å². The molecule has 0 aromatic carbocycles. The molecular weight excluding hydrogens is 509 g/mol. The Morgan fingerprint density at radius 2 is 1.89 bits per heavy atom. The van der Waals surface area contributed by atoms with Crippen LogP contribution in [0.3, 0.4) is 0 Å². The summed E-state index contributed by atoms with van der Waals surface area (Å²) in [5, 5.41) is 2.35. The topological polar surface area (TPSA) is 131 Å². The van der Waals surface area contributed by atoms with Crippen molar-refractivity contribution in [3.05, 3.63) is 60.0 Å². The van der Waals surface area contributed by atoms with Crippen LogP contribution in [0.25, 0.3) is 0 Å². The Kier molecular flexibility index (Phi) is 6.61. The Balaban J connectivity index is 1.72. The van der Waals surface area contributed by atoms with E-state index >= 15 is 0 Å². The number of anilines is 3. The maximum atomic E-state index is 13.6. The molecule has 37 heavy (non-hydrogen) atoms. The molecule has 9 nitrogen and oxygen atoms in total. The summed E-state index contributed by atoms with van der Waals surface area (Å²) in [6.45, 7) is 6.59. The second-order valence-corrected chi connectivity index (χ2v) is 11.4. The number of amides is 1. The van der Waals surface area contributed by atoms with Crippen molar-refractivity contribution >= 4 is 33.1 Å². The van der Waals surface area contributed by atoms with Gasteiger partial charge in [0.05, 0.1) is 16.8 Å². The van der Waals surface area contributed by atoms with E-state index in [1.807, 2.05) is 18.7 Å². The molecular formula is C24H25F3N6O3S. The smallest absolute Gasteiger partial charge is 0.365 e. The number of halogens is 3. The van der Waals surface area contributed by atoms with E-state index in [-0.39, 0.29) is 38.3 Å². The fourth-order valence-corrected chi connectivity index (χ4v) is 5.99. The molecule has 4 rings (SSSR count). The second kappa shape index (κ2) is 9.29. The van der Waals surface area contributed by atoms with E-state index in [0.717, 1.165) is 24.8 Å².